The lowest BCUT2D eigenvalue weighted by Crippen LogP contribution is -2.22. The summed E-state index contributed by atoms with van der Waals surface area (Å²) in [6.45, 7) is 2.42. The van der Waals surface area contributed by atoms with Crippen LogP contribution in [-0.2, 0) is 17.9 Å². The number of aromatic nitrogens is 3. The van der Waals surface area contributed by atoms with Gasteiger partial charge in [0, 0.05) is 24.9 Å². The number of nitrogens with zero attached hydrogens (tertiary/aromatic N) is 4. The van der Waals surface area contributed by atoms with E-state index in [-0.39, 0.29) is 12.6 Å². The minimum absolute atomic E-state index is 0.0449. The van der Waals surface area contributed by atoms with Crippen molar-refractivity contribution in [2.45, 2.75) is 32.0 Å². The van der Waals surface area contributed by atoms with E-state index in [1.165, 1.54) is 0 Å². The molecule has 0 radical (unpaired) electrons. The van der Waals surface area contributed by atoms with Crippen molar-refractivity contribution in [2.75, 3.05) is 26.9 Å². The van der Waals surface area contributed by atoms with Gasteiger partial charge < -0.3 is 23.5 Å². The predicted molar refractivity (Wildman–Crippen MR) is 102 cm³/mol. The van der Waals surface area contributed by atoms with E-state index in [4.69, 9.17) is 23.5 Å². The molecule has 9 heteroatoms. The third-order valence-electron chi connectivity index (χ3n) is 4.85. The van der Waals surface area contributed by atoms with Crippen molar-refractivity contribution in [3.63, 3.8) is 0 Å². The van der Waals surface area contributed by atoms with E-state index in [0.29, 0.717) is 43.1 Å². The number of rotatable bonds is 9. The molecule has 1 aliphatic heterocycles. The Labute approximate surface area is 168 Å². The Kier molecular flexibility index (Phi) is 6.18. The van der Waals surface area contributed by atoms with Gasteiger partial charge in [0.05, 0.1) is 19.2 Å². The highest BCUT2D eigenvalue weighted by Gasteiger charge is 2.31. The molecule has 0 bridgehead atoms. The van der Waals surface area contributed by atoms with Crippen LogP contribution in [0.25, 0.3) is 11.4 Å². The number of pyridine rings is 1. The summed E-state index contributed by atoms with van der Waals surface area (Å²) < 4.78 is 21.6. The molecule has 0 aliphatic carbocycles. The molecule has 9 nitrogen and oxygen atoms in total. The minimum atomic E-state index is -0.0965. The Morgan fingerprint density at radius 3 is 2.86 bits per heavy atom. The zero-order chi connectivity index (χ0) is 20.1. The van der Waals surface area contributed by atoms with Crippen LogP contribution >= 0.6 is 0 Å². The van der Waals surface area contributed by atoms with Gasteiger partial charge in [0.1, 0.15) is 24.7 Å². The number of hydrogen-bond acceptors (Lipinski definition) is 9. The first-order valence-corrected chi connectivity index (χ1v) is 9.61. The fourth-order valence-corrected chi connectivity index (χ4v) is 3.40. The number of ether oxygens (including phenoxy) is 2. The predicted octanol–water partition coefficient (Wildman–Crippen LogP) is 2.58. The molecule has 0 spiro atoms. The van der Waals surface area contributed by atoms with Gasteiger partial charge in [0.25, 0.3) is 0 Å². The maximum absolute atomic E-state index is 9.16. The number of likely N-dealkylation sites (tertiary alicyclic amines) is 1. The Balaban J connectivity index is 1.42. The van der Waals surface area contributed by atoms with Gasteiger partial charge in [-0.1, -0.05) is 5.16 Å². The molecule has 1 saturated heterocycles. The maximum atomic E-state index is 9.16. The van der Waals surface area contributed by atoms with Crippen LogP contribution in [0, 0.1) is 0 Å². The molecule has 3 aromatic rings. The van der Waals surface area contributed by atoms with Gasteiger partial charge in [-0.15, -0.1) is 0 Å². The summed E-state index contributed by atoms with van der Waals surface area (Å²) in [5, 5.41) is 13.3. The van der Waals surface area contributed by atoms with Crippen LogP contribution in [0.3, 0.4) is 0 Å². The average Bonchev–Trinajstić information content (AvgIpc) is 3.50. The summed E-state index contributed by atoms with van der Waals surface area (Å²) in [5.74, 6) is 3.00. The van der Waals surface area contributed by atoms with Crippen LogP contribution in [0.1, 0.15) is 36.3 Å². The Morgan fingerprint density at radius 2 is 2.10 bits per heavy atom. The van der Waals surface area contributed by atoms with E-state index in [2.05, 4.69) is 20.0 Å². The normalized spacial score (nSPS) is 17.1. The fourth-order valence-electron chi connectivity index (χ4n) is 3.40. The molecule has 4 heterocycles. The summed E-state index contributed by atoms with van der Waals surface area (Å²) in [6, 6.07) is 7.36. The lowest BCUT2D eigenvalue weighted by atomic mass is 10.2. The second kappa shape index (κ2) is 9.17. The first-order chi connectivity index (χ1) is 14.3. The molecule has 0 aromatic carbocycles. The van der Waals surface area contributed by atoms with Gasteiger partial charge in [-0.05, 0) is 37.6 Å². The monoisotopic (exact) mass is 400 g/mol. The first-order valence-electron chi connectivity index (χ1n) is 9.61. The van der Waals surface area contributed by atoms with Gasteiger partial charge in [0.2, 0.25) is 17.6 Å². The zero-order valence-electron chi connectivity index (χ0n) is 16.3. The molecule has 0 saturated carbocycles. The Morgan fingerprint density at radius 1 is 1.21 bits per heavy atom. The first kappa shape index (κ1) is 19.6. The molecule has 0 amide bonds. The van der Waals surface area contributed by atoms with Crippen molar-refractivity contribution in [1.82, 2.24) is 20.0 Å². The second-order valence-corrected chi connectivity index (χ2v) is 6.84. The quantitative estimate of drug-likeness (QED) is 0.542. The highest BCUT2D eigenvalue weighted by molar-refractivity contribution is 5.53. The highest BCUT2D eigenvalue weighted by atomic mass is 16.5. The van der Waals surface area contributed by atoms with Crippen molar-refractivity contribution >= 4 is 0 Å². The van der Waals surface area contributed by atoms with Crippen LogP contribution in [0.15, 0.2) is 39.4 Å². The largest absolute Gasteiger partial charge is 0.475 e. The molecular formula is C20H24N4O5. The van der Waals surface area contributed by atoms with Gasteiger partial charge >= 0.3 is 0 Å². The second-order valence-electron chi connectivity index (χ2n) is 6.84. The lowest BCUT2D eigenvalue weighted by Gasteiger charge is -2.19. The number of methoxy groups -OCH3 is 1. The van der Waals surface area contributed by atoms with E-state index in [1.807, 2.05) is 12.1 Å². The van der Waals surface area contributed by atoms with Crippen molar-refractivity contribution < 1.29 is 23.5 Å². The summed E-state index contributed by atoms with van der Waals surface area (Å²) in [4.78, 5) is 11.1. The van der Waals surface area contributed by atoms with Crippen molar-refractivity contribution in [3.8, 4) is 17.3 Å². The molecular weight excluding hydrogens is 376 g/mol. The smallest absolute Gasteiger partial charge is 0.244 e. The van der Waals surface area contributed by atoms with Gasteiger partial charge in [-0.25, -0.2) is 4.98 Å². The molecule has 4 rings (SSSR count). The molecule has 29 heavy (non-hydrogen) atoms. The lowest BCUT2D eigenvalue weighted by molar-refractivity contribution is 0.144. The summed E-state index contributed by atoms with van der Waals surface area (Å²) in [7, 11) is 1.63. The molecule has 1 aliphatic rings. The summed E-state index contributed by atoms with van der Waals surface area (Å²) in [5.41, 5.74) is 0.766. The van der Waals surface area contributed by atoms with E-state index < -0.39 is 0 Å². The molecule has 1 N–H and O–H groups in total. The minimum Gasteiger partial charge on any atom is -0.475 e. The topological polar surface area (TPSA) is 107 Å². The number of aliphatic hydroxyl groups excluding tert-OH is 1. The van der Waals surface area contributed by atoms with E-state index >= 15 is 0 Å². The third kappa shape index (κ3) is 4.64. The van der Waals surface area contributed by atoms with Crippen LogP contribution in [-0.4, -0.2) is 52.0 Å². The molecule has 0 unspecified atom stereocenters. The maximum Gasteiger partial charge on any atom is 0.244 e. The standard InChI is InChI=1S/C20H24N4O5/c1-26-9-10-27-18-7-4-14(11-21-18)19-22-20(29-23-19)17-3-2-8-24(17)12-15-5-6-16(13-25)28-15/h4-7,11,17,25H,2-3,8-10,12-13H2,1H3/t17-/m0/s1. The molecule has 154 valence electrons. The number of hydrogen-bond donors (Lipinski definition) is 1. The van der Waals surface area contributed by atoms with Crippen molar-refractivity contribution in [2.24, 2.45) is 0 Å². The van der Waals surface area contributed by atoms with Crippen LogP contribution < -0.4 is 4.74 Å². The number of aliphatic hydroxyl groups is 1. The Hall–Kier alpha value is -2.75. The van der Waals surface area contributed by atoms with Crippen molar-refractivity contribution in [3.05, 3.63) is 47.9 Å². The molecule has 1 fully saturated rings. The Bertz CT molecular complexity index is 908. The third-order valence-corrected chi connectivity index (χ3v) is 4.85. The SMILES string of the molecule is COCCOc1ccc(-c2noc([C@@H]3CCCN3Cc3ccc(CO)o3)n2)cn1. The zero-order valence-corrected chi connectivity index (χ0v) is 16.3. The van der Waals surface area contributed by atoms with Crippen LogP contribution in [0.5, 0.6) is 5.88 Å². The summed E-state index contributed by atoms with van der Waals surface area (Å²) in [6.07, 6.45) is 3.66. The summed E-state index contributed by atoms with van der Waals surface area (Å²) >= 11 is 0. The fraction of sp³-hybridized carbons (Fsp3) is 0.450. The van der Waals surface area contributed by atoms with Crippen LogP contribution in [0.2, 0.25) is 0 Å². The highest BCUT2D eigenvalue weighted by Crippen LogP contribution is 2.33. The molecule has 3 aromatic heterocycles. The average molecular weight is 400 g/mol. The van der Waals surface area contributed by atoms with E-state index in [1.54, 1.807) is 25.4 Å². The number of furan rings is 1. The van der Waals surface area contributed by atoms with Crippen LogP contribution in [0.4, 0.5) is 0 Å². The molecule has 1 atom stereocenters. The van der Waals surface area contributed by atoms with Gasteiger partial charge in [-0.2, -0.15) is 4.98 Å². The van der Waals surface area contributed by atoms with E-state index in [9.17, 15) is 0 Å². The van der Waals surface area contributed by atoms with Gasteiger partial charge in [-0.3, -0.25) is 4.90 Å². The van der Waals surface area contributed by atoms with Crippen molar-refractivity contribution in [1.29, 1.82) is 0 Å². The van der Waals surface area contributed by atoms with Gasteiger partial charge in [0.15, 0.2) is 0 Å². The van der Waals surface area contributed by atoms with E-state index in [0.717, 1.165) is 30.7 Å².